The molecule has 0 amide bonds. The summed E-state index contributed by atoms with van der Waals surface area (Å²) in [7, 11) is 0. The lowest BCUT2D eigenvalue weighted by Crippen LogP contribution is -2.32. The lowest BCUT2D eigenvalue weighted by atomic mass is 9.65. The van der Waals surface area contributed by atoms with Gasteiger partial charge in [0.2, 0.25) is 0 Å². The first-order valence-corrected chi connectivity index (χ1v) is 9.26. The minimum absolute atomic E-state index is 0.149. The molecule has 0 heterocycles. The molecule has 6 rings (SSSR count). The quantitative estimate of drug-likeness (QED) is 0.546. The normalized spacial score (nSPS) is 22.8. The Kier molecular flexibility index (Phi) is 2.59. The summed E-state index contributed by atoms with van der Waals surface area (Å²) in [5.41, 5.74) is 15.3. The second-order valence-electron chi connectivity index (χ2n) is 7.57. The molecule has 3 aromatic carbocycles. The van der Waals surface area contributed by atoms with Crippen molar-refractivity contribution in [1.82, 2.24) is 0 Å². The number of rotatable bonds is 0. The Morgan fingerprint density at radius 1 is 0.692 bits per heavy atom. The van der Waals surface area contributed by atoms with Crippen molar-refractivity contribution in [1.29, 1.82) is 0 Å². The number of nitrogen functional groups attached to an aromatic ring is 1. The summed E-state index contributed by atoms with van der Waals surface area (Å²) in [6.07, 6.45) is 9.16. The van der Waals surface area contributed by atoms with Crippen molar-refractivity contribution in [3.63, 3.8) is 0 Å². The Balaban J connectivity index is 1.81. The van der Waals surface area contributed by atoms with Crippen LogP contribution in [-0.4, -0.2) is 0 Å². The number of allylic oxidation sites excluding steroid dienone is 4. The van der Waals surface area contributed by atoms with E-state index in [1.165, 1.54) is 33.4 Å². The second-order valence-corrected chi connectivity index (χ2v) is 7.57. The third-order valence-electron chi connectivity index (χ3n) is 6.49. The summed E-state index contributed by atoms with van der Waals surface area (Å²) in [5.74, 6) is 0.781. The largest absolute Gasteiger partial charge is 0.399 e. The van der Waals surface area contributed by atoms with Gasteiger partial charge in [-0.3, -0.25) is 0 Å². The van der Waals surface area contributed by atoms with Gasteiger partial charge in [-0.1, -0.05) is 78.9 Å². The van der Waals surface area contributed by atoms with E-state index in [0.717, 1.165) is 5.69 Å². The van der Waals surface area contributed by atoms with Crippen LogP contribution in [-0.2, 0) is 5.41 Å². The Bertz CT molecular complexity index is 1070. The first kappa shape index (κ1) is 14.1. The summed E-state index contributed by atoms with van der Waals surface area (Å²) in [6, 6.07) is 24.3. The molecule has 3 aromatic rings. The zero-order valence-corrected chi connectivity index (χ0v) is 14.4. The molecule has 1 heteroatoms. The maximum atomic E-state index is 6.28. The predicted octanol–water partition coefficient (Wildman–Crippen LogP) is 5.42. The molecule has 124 valence electrons. The fourth-order valence-corrected chi connectivity index (χ4v) is 5.62. The molecule has 3 aliphatic rings. The van der Waals surface area contributed by atoms with Gasteiger partial charge in [0.05, 0.1) is 5.41 Å². The van der Waals surface area contributed by atoms with Gasteiger partial charge in [-0.05, 0) is 45.5 Å². The van der Waals surface area contributed by atoms with Crippen molar-refractivity contribution < 1.29 is 0 Å². The molecule has 0 radical (unpaired) electrons. The highest BCUT2D eigenvalue weighted by Gasteiger charge is 2.56. The van der Waals surface area contributed by atoms with Crippen LogP contribution in [0.1, 0.15) is 28.2 Å². The Morgan fingerprint density at radius 2 is 1.35 bits per heavy atom. The van der Waals surface area contributed by atoms with E-state index in [0.29, 0.717) is 11.8 Å². The molecular weight excluding hydrogens is 314 g/mol. The third-order valence-corrected chi connectivity index (χ3v) is 6.49. The molecule has 0 aromatic heterocycles. The van der Waals surface area contributed by atoms with Crippen LogP contribution in [0.15, 0.2) is 91.0 Å². The molecule has 0 aliphatic heterocycles. The van der Waals surface area contributed by atoms with E-state index in [2.05, 4.69) is 85.0 Å². The second kappa shape index (κ2) is 4.76. The molecular formula is C25H19N. The summed E-state index contributed by atoms with van der Waals surface area (Å²) in [4.78, 5) is 0. The minimum Gasteiger partial charge on any atom is -0.399 e. The Hall–Kier alpha value is -3.06. The van der Waals surface area contributed by atoms with E-state index in [9.17, 15) is 0 Å². The minimum atomic E-state index is -0.149. The lowest BCUT2D eigenvalue weighted by Gasteiger charge is -2.36. The summed E-state index contributed by atoms with van der Waals surface area (Å²) >= 11 is 0. The summed E-state index contributed by atoms with van der Waals surface area (Å²) < 4.78 is 0. The van der Waals surface area contributed by atoms with E-state index >= 15 is 0 Å². The van der Waals surface area contributed by atoms with Crippen molar-refractivity contribution in [2.24, 2.45) is 5.92 Å². The van der Waals surface area contributed by atoms with Crippen LogP contribution in [0.4, 0.5) is 5.69 Å². The van der Waals surface area contributed by atoms with Gasteiger partial charge in [0.25, 0.3) is 0 Å². The van der Waals surface area contributed by atoms with Crippen LogP contribution in [0.25, 0.3) is 11.1 Å². The molecule has 2 N–H and O–H groups in total. The van der Waals surface area contributed by atoms with Gasteiger partial charge in [0, 0.05) is 17.5 Å². The SMILES string of the molecule is Nc1ccc2c(c1)C1(c3ccccc3-c3ccccc31)C1C=CC=CC21. The van der Waals surface area contributed by atoms with Crippen LogP contribution in [0, 0.1) is 5.92 Å². The van der Waals surface area contributed by atoms with E-state index in [1.807, 2.05) is 6.07 Å². The zero-order valence-electron chi connectivity index (χ0n) is 14.4. The number of fused-ring (bicyclic) bond motifs is 10. The fraction of sp³-hybridized carbons (Fsp3) is 0.120. The average molecular weight is 333 g/mol. The molecule has 1 spiro atoms. The van der Waals surface area contributed by atoms with E-state index in [4.69, 9.17) is 5.73 Å². The van der Waals surface area contributed by atoms with Gasteiger partial charge in [-0.15, -0.1) is 0 Å². The number of nitrogens with two attached hydrogens (primary N) is 1. The van der Waals surface area contributed by atoms with Crippen molar-refractivity contribution in [2.45, 2.75) is 11.3 Å². The fourth-order valence-electron chi connectivity index (χ4n) is 5.62. The molecule has 0 saturated carbocycles. The number of anilines is 1. The number of hydrogen-bond donors (Lipinski definition) is 1. The smallest absolute Gasteiger partial charge is 0.0538 e. The van der Waals surface area contributed by atoms with Crippen molar-refractivity contribution in [3.05, 3.63) is 113 Å². The monoisotopic (exact) mass is 333 g/mol. The standard InChI is InChI=1S/C25H19N/c26-16-13-14-20-19-9-3-6-12-23(19)25(24(20)15-16)21-10-4-1-7-17(21)18-8-2-5-11-22(18)25/h1-15,19,23H,26H2. The Labute approximate surface area is 153 Å². The number of hydrogen-bond acceptors (Lipinski definition) is 1. The highest BCUT2D eigenvalue weighted by atomic mass is 14.6. The van der Waals surface area contributed by atoms with Gasteiger partial charge >= 0.3 is 0 Å². The van der Waals surface area contributed by atoms with Crippen LogP contribution in [0.3, 0.4) is 0 Å². The first-order valence-electron chi connectivity index (χ1n) is 9.26. The summed E-state index contributed by atoms with van der Waals surface area (Å²) in [6.45, 7) is 0. The molecule has 3 aliphatic carbocycles. The molecule has 0 bridgehead atoms. The molecule has 2 unspecified atom stereocenters. The average Bonchev–Trinajstić information content (AvgIpc) is 3.15. The Morgan fingerprint density at radius 3 is 2.08 bits per heavy atom. The van der Waals surface area contributed by atoms with Gasteiger partial charge < -0.3 is 5.73 Å². The van der Waals surface area contributed by atoms with Crippen LogP contribution in [0.5, 0.6) is 0 Å². The van der Waals surface area contributed by atoms with Crippen LogP contribution in [0.2, 0.25) is 0 Å². The zero-order chi connectivity index (χ0) is 17.3. The molecule has 1 nitrogen and oxygen atoms in total. The highest BCUT2D eigenvalue weighted by Crippen LogP contribution is 2.65. The topological polar surface area (TPSA) is 26.0 Å². The highest BCUT2D eigenvalue weighted by molar-refractivity contribution is 5.86. The van der Waals surface area contributed by atoms with Gasteiger partial charge in [0.15, 0.2) is 0 Å². The van der Waals surface area contributed by atoms with Gasteiger partial charge in [-0.2, -0.15) is 0 Å². The molecule has 26 heavy (non-hydrogen) atoms. The first-order chi connectivity index (χ1) is 12.8. The summed E-state index contributed by atoms with van der Waals surface area (Å²) in [5, 5.41) is 0. The van der Waals surface area contributed by atoms with E-state index < -0.39 is 0 Å². The van der Waals surface area contributed by atoms with Crippen LogP contribution >= 0.6 is 0 Å². The van der Waals surface area contributed by atoms with Crippen molar-refractivity contribution >= 4 is 5.69 Å². The molecule has 0 saturated heterocycles. The van der Waals surface area contributed by atoms with Crippen molar-refractivity contribution in [3.8, 4) is 11.1 Å². The van der Waals surface area contributed by atoms with Gasteiger partial charge in [-0.25, -0.2) is 0 Å². The maximum Gasteiger partial charge on any atom is 0.0538 e. The third kappa shape index (κ3) is 1.48. The van der Waals surface area contributed by atoms with Crippen molar-refractivity contribution in [2.75, 3.05) is 5.73 Å². The lowest BCUT2D eigenvalue weighted by molar-refractivity contribution is 0.465. The van der Waals surface area contributed by atoms with E-state index in [-0.39, 0.29) is 5.41 Å². The van der Waals surface area contributed by atoms with E-state index in [1.54, 1.807) is 0 Å². The van der Waals surface area contributed by atoms with Crippen LogP contribution < -0.4 is 5.73 Å². The maximum absolute atomic E-state index is 6.28. The number of benzene rings is 3. The molecule has 0 fully saturated rings. The molecule has 2 atom stereocenters. The predicted molar refractivity (Wildman–Crippen MR) is 107 cm³/mol. The van der Waals surface area contributed by atoms with Gasteiger partial charge in [0.1, 0.15) is 0 Å².